The van der Waals surface area contributed by atoms with Crippen LogP contribution in [0.1, 0.15) is 43.5 Å². The Hall–Kier alpha value is -1.01. The molecule has 2 rings (SSSR count). The van der Waals surface area contributed by atoms with Gasteiger partial charge in [-0.25, -0.2) is 0 Å². The normalized spacial score (nSPS) is 16.2. The van der Waals surface area contributed by atoms with Gasteiger partial charge in [0.25, 0.3) is 5.91 Å². The fourth-order valence-corrected chi connectivity index (χ4v) is 3.20. The van der Waals surface area contributed by atoms with E-state index in [9.17, 15) is 4.79 Å². The zero-order valence-corrected chi connectivity index (χ0v) is 18.2. The minimum absolute atomic E-state index is 0. The number of hydrogen-bond donors (Lipinski definition) is 2. The SMILES string of the molecule is CCN(CC)CCOc1ccc(C(=O)NCCC2CCCNC2)cc1.Cl.Cl. The number of benzene rings is 1. The lowest BCUT2D eigenvalue weighted by Gasteiger charge is -2.22. The van der Waals surface area contributed by atoms with E-state index in [2.05, 4.69) is 29.4 Å². The highest BCUT2D eigenvalue weighted by Crippen LogP contribution is 2.14. The number of nitrogens with zero attached hydrogens (tertiary/aromatic N) is 1. The summed E-state index contributed by atoms with van der Waals surface area (Å²) in [6.07, 6.45) is 3.56. The lowest BCUT2D eigenvalue weighted by atomic mass is 9.96. The maximum Gasteiger partial charge on any atom is 0.251 e. The average Bonchev–Trinajstić information content (AvgIpc) is 2.66. The molecule has 1 heterocycles. The predicted octanol–water partition coefficient (Wildman–Crippen LogP) is 3.37. The molecule has 0 aromatic heterocycles. The number of likely N-dealkylation sites (N-methyl/N-ethyl adjacent to an activating group) is 1. The van der Waals surface area contributed by atoms with Crippen molar-refractivity contribution in [3.05, 3.63) is 29.8 Å². The van der Waals surface area contributed by atoms with Crippen LogP contribution in [0.2, 0.25) is 0 Å². The highest BCUT2D eigenvalue weighted by atomic mass is 35.5. The van der Waals surface area contributed by atoms with Gasteiger partial charge >= 0.3 is 0 Å². The lowest BCUT2D eigenvalue weighted by Crippen LogP contribution is -2.33. The molecule has 1 aromatic carbocycles. The number of ether oxygens (including phenoxy) is 1. The Kier molecular flexibility index (Phi) is 14.4. The molecule has 1 unspecified atom stereocenters. The number of amides is 1. The second-order valence-corrected chi connectivity index (χ2v) is 6.66. The highest BCUT2D eigenvalue weighted by molar-refractivity contribution is 5.94. The Bertz CT molecular complexity index is 504. The first-order chi connectivity index (χ1) is 12.2. The molecule has 0 aliphatic carbocycles. The molecule has 7 heteroatoms. The van der Waals surface area contributed by atoms with Gasteiger partial charge < -0.3 is 20.3 Å². The smallest absolute Gasteiger partial charge is 0.251 e. The molecule has 0 radical (unpaired) electrons. The van der Waals surface area contributed by atoms with Gasteiger partial charge in [0.1, 0.15) is 12.4 Å². The number of hydrogen-bond acceptors (Lipinski definition) is 4. The summed E-state index contributed by atoms with van der Waals surface area (Å²) in [4.78, 5) is 14.5. The Morgan fingerprint density at radius 1 is 1.22 bits per heavy atom. The van der Waals surface area contributed by atoms with Crippen molar-refractivity contribution in [2.75, 3.05) is 45.9 Å². The molecule has 2 N–H and O–H groups in total. The summed E-state index contributed by atoms with van der Waals surface area (Å²) in [6.45, 7) is 10.9. The fourth-order valence-electron chi connectivity index (χ4n) is 3.20. The van der Waals surface area contributed by atoms with Crippen LogP contribution in [-0.4, -0.2) is 56.7 Å². The van der Waals surface area contributed by atoms with Crippen LogP contribution in [-0.2, 0) is 0 Å². The van der Waals surface area contributed by atoms with Crippen LogP contribution in [0.4, 0.5) is 0 Å². The average molecular weight is 420 g/mol. The third-order valence-electron chi connectivity index (χ3n) is 4.92. The van der Waals surface area contributed by atoms with E-state index >= 15 is 0 Å². The molecule has 1 aliphatic heterocycles. The summed E-state index contributed by atoms with van der Waals surface area (Å²) in [6, 6.07) is 7.43. The molecule has 0 spiro atoms. The summed E-state index contributed by atoms with van der Waals surface area (Å²) < 4.78 is 5.76. The summed E-state index contributed by atoms with van der Waals surface area (Å²) in [7, 11) is 0. The van der Waals surface area contributed by atoms with E-state index in [4.69, 9.17) is 4.74 Å². The molecule has 156 valence electrons. The maximum atomic E-state index is 12.2. The molecule has 1 fully saturated rings. The van der Waals surface area contributed by atoms with Gasteiger partial charge in [-0.3, -0.25) is 4.79 Å². The predicted molar refractivity (Wildman–Crippen MR) is 117 cm³/mol. The number of halogens is 2. The Morgan fingerprint density at radius 2 is 1.93 bits per heavy atom. The molecule has 0 saturated carbocycles. The number of piperidine rings is 1. The van der Waals surface area contributed by atoms with Gasteiger partial charge in [0, 0.05) is 18.7 Å². The van der Waals surface area contributed by atoms with Crippen molar-refractivity contribution >= 4 is 30.7 Å². The molecule has 5 nitrogen and oxygen atoms in total. The summed E-state index contributed by atoms with van der Waals surface area (Å²) >= 11 is 0. The number of carbonyl (C=O) groups excluding carboxylic acids is 1. The van der Waals surface area contributed by atoms with E-state index in [0.29, 0.717) is 18.1 Å². The van der Waals surface area contributed by atoms with Crippen molar-refractivity contribution in [2.24, 2.45) is 5.92 Å². The molecular weight excluding hydrogens is 385 g/mol. The monoisotopic (exact) mass is 419 g/mol. The van der Waals surface area contributed by atoms with Gasteiger partial charge in [0.2, 0.25) is 0 Å². The third kappa shape index (κ3) is 9.65. The molecule has 27 heavy (non-hydrogen) atoms. The summed E-state index contributed by atoms with van der Waals surface area (Å²) in [5.74, 6) is 1.51. The van der Waals surface area contributed by atoms with E-state index in [-0.39, 0.29) is 30.7 Å². The van der Waals surface area contributed by atoms with E-state index in [1.165, 1.54) is 12.8 Å². The first-order valence-corrected chi connectivity index (χ1v) is 9.67. The van der Waals surface area contributed by atoms with E-state index in [1.54, 1.807) is 0 Å². The van der Waals surface area contributed by atoms with Crippen LogP contribution in [0, 0.1) is 5.92 Å². The molecule has 1 saturated heterocycles. The molecule has 0 bridgehead atoms. The molecule has 1 amide bonds. The van der Waals surface area contributed by atoms with Crippen molar-refractivity contribution < 1.29 is 9.53 Å². The molecule has 1 atom stereocenters. The Morgan fingerprint density at radius 3 is 2.52 bits per heavy atom. The Labute approximate surface area is 176 Å². The van der Waals surface area contributed by atoms with Crippen LogP contribution in [0.25, 0.3) is 0 Å². The fraction of sp³-hybridized carbons (Fsp3) is 0.650. The topological polar surface area (TPSA) is 53.6 Å². The zero-order chi connectivity index (χ0) is 17.9. The van der Waals surface area contributed by atoms with E-state index in [1.807, 2.05) is 24.3 Å². The van der Waals surface area contributed by atoms with Gasteiger partial charge in [0.15, 0.2) is 0 Å². The van der Waals surface area contributed by atoms with Crippen LogP contribution < -0.4 is 15.4 Å². The summed E-state index contributed by atoms with van der Waals surface area (Å²) in [5, 5.41) is 6.44. The minimum Gasteiger partial charge on any atom is -0.492 e. The van der Waals surface area contributed by atoms with E-state index < -0.39 is 0 Å². The second kappa shape index (κ2) is 15.0. The quantitative estimate of drug-likeness (QED) is 0.610. The van der Waals surface area contributed by atoms with Crippen LogP contribution in [0.3, 0.4) is 0 Å². The van der Waals surface area contributed by atoms with Gasteiger partial charge in [-0.1, -0.05) is 13.8 Å². The maximum absolute atomic E-state index is 12.2. The van der Waals surface area contributed by atoms with Gasteiger partial charge in [0.05, 0.1) is 0 Å². The van der Waals surface area contributed by atoms with Crippen LogP contribution in [0.15, 0.2) is 24.3 Å². The first kappa shape index (κ1) is 26.0. The van der Waals surface area contributed by atoms with Gasteiger partial charge in [-0.15, -0.1) is 24.8 Å². The zero-order valence-electron chi connectivity index (χ0n) is 16.5. The standard InChI is InChI=1S/C20H33N3O2.2ClH/c1-3-23(4-2)14-15-25-19-9-7-18(8-10-19)20(24)22-13-11-17-6-5-12-21-16-17;;/h7-10,17,21H,3-6,11-16H2,1-2H3,(H,22,24);2*1H. The number of rotatable bonds is 10. The van der Waals surface area contributed by atoms with Crippen molar-refractivity contribution in [2.45, 2.75) is 33.1 Å². The van der Waals surface area contributed by atoms with Crippen LogP contribution in [0.5, 0.6) is 5.75 Å². The van der Waals surface area contributed by atoms with Crippen molar-refractivity contribution in [1.82, 2.24) is 15.5 Å². The van der Waals surface area contributed by atoms with Crippen molar-refractivity contribution in [3.63, 3.8) is 0 Å². The first-order valence-electron chi connectivity index (χ1n) is 9.67. The largest absolute Gasteiger partial charge is 0.492 e. The van der Waals surface area contributed by atoms with Crippen molar-refractivity contribution in [1.29, 1.82) is 0 Å². The molecular formula is C20H35Cl2N3O2. The Balaban J connectivity index is 0.00000338. The minimum atomic E-state index is -0.00143. The second-order valence-electron chi connectivity index (χ2n) is 6.66. The van der Waals surface area contributed by atoms with Gasteiger partial charge in [-0.2, -0.15) is 0 Å². The number of carbonyl (C=O) groups is 1. The molecule has 1 aliphatic rings. The molecule has 1 aromatic rings. The van der Waals surface area contributed by atoms with Crippen LogP contribution >= 0.6 is 24.8 Å². The van der Waals surface area contributed by atoms with Gasteiger partial charge in [-0.05, 0) is 75.6 Å². The lowest BCUT2D eigenvalue weighted by molar-refractivity contribution is 0.0950. The number of nitrogens with one attached hydrogen (secondary N) is 2. The highest BCUT2D eigenvalue weighted by Gasteiger charge is 2.13. The summed E-state index contributed by atoms with van der Waals surface area (Å²) in [5.41, 5.74) is 0.692. The third-order valence-corrected chi connectivity index (χ3v) is 4.92. The van der Waals surface area contributed by atoms with Crippen molar-refractivity contribution in [3.8, 4) is 5.75 Å². The van der Waals surface area contributed by atoms with E-state index in [0.717, 1.165) is 51.4 Å².